The van der Waals surface area contributed by atoms with Crippen molar-refractivity contribution < 1.29 is 9.45 Å². The monoisotopic (exact) mass is 423 g/mol. The maximum absolute atomic E-state index is 13.2. The number of aryl methyl sites for hydroxylation is 1. The number of rotatable bonds is 7. The molecule has 1 atom stereocenters. The molecule has 0 saturated carbocycles. The van der Waals surface area contributed by atoms with Gasteiger partial charge in [-0.15, -0.1) is 0 Å². The molecule has 8 nitrogen and oxygen atoms in total. The van der Waals surface area contributed by atoms with Crippen LogP contribution in [0.5, 0.6) is 0 Å². The third kappa shape index (κ3) is 4.10. The van der Waals surface area contributed by atoms with Gasteiger partial charge in [0.2, 0.25) is 17.3 Å². The number of hydroxylamine groups is 1. The Morgan fingerprint density at radius 2 is 1.84 bits per heavy atom. The fraction of sp³-hybridized carbons (Fsp3) is 0.273. The Labute approximate surface area is 177 Å². The van der Waals surface area contributed by atoms with Crippen LogP contribution < -0.4 is 16.3 Å². The number of nitrogens with one attached hydrogen (secondary N) is 1. The lowest BCUT2D eigenvalue weighted by Crippen LogP contribution is -3.05. The number of hydrogen-bond donors (Lipinski definition) is 1. The number of hydrogen-bond acceptors (Lipinski definition) is 5. The number of amidine groups is 1. The maximum Gasteiger partial charge on any atom is 0.332 e. The van der Waals surface area contributed by atoms with Crippen molar-refractivity contribution in [2.75, 3.05) is 0 Å². The van der Waals surface area contributed by atoms with Gasteiger partial charge in [-0.1, -0.05) is 25.1 Å². The first-order valence-corrected chi connectivity index (χ1v) is 10.1. The molecule has 31 heavy (non-hydrogen) atoms. The maximum atomic E-state index is 13.2. The minimum Gasteiger partial charge on any atom is -0.622 e. The molecule has 0 saturated heterocycles. The van der Waals surface area contributed by atoms with Crippen LogP contribution in [0.1, 0.15) is 24.6 Å². The van der Waals surface area contributed by atoms with Crippen molar-refractivity contribution in [3.05, 3.63) is 91.8 Å². The molecule has 2 aromatic heterocycles. The van der Waals surface area contributed by atoms with Crippen LogP contribution in [0, 0.1) is 11.0 Å². The lowest BCUT2D eigenvalue weighted by molar-refractivity contribution is -0.666. The van der Waals surface area contributed by atoms with Gasteiger partial charge < -0.3 is 5.21 Å². The number of pyridine rings is 1. The number of aliphatic imine (C=N–C) groups is 1. The molecule has 4 rings (SSSR count). The highest BCUT2D eigenvalue weighted by molar-refractivity contribution is 5.86. The Kier molecular flexibility index (Phi) is 5.88. The van der Waals surface area contributed by atoms with Crippen LogP contribution in [0.2, 0.25) is 0 Å². The molecule has 1 N–H and O–H groups in total. The largest absolute Gasteiger partial charge is 0.622 e. The minimum absolute atomic E-state index is 0.0712. The number of nitrogens with zero attached hydrogens (tertiary/aromatic N) is 4. The molecule has 1 unspecified atom stereocenters. The van der Waals surface area contributed by atoms with E-state index < -0.39 is 16.3 Å². The van der Waals surface area contributed by atoms with Crippen LogP contribution in [-0.2, 0) is 25.9 Å². The summed E-state index contributed by atoms with van der Waals surface area (Å²) < 4.78 is 15.7. The van der Waals surface area contributed by atoms with Crippen molar-refractivity contribution in [2.24, 2.45) is 4.99 Å². The Hall–Kier alpha value is -3.43. The molecule has 0 bridgehead atoms. The Morgan fingerprint density at radius 1 is 1.06 bits per heavy atom. The first-order valence-electron chi connectivity index (χ1n) is 10.1. The summed E-state index contributed by atoms with van der Waals surface area (Å²) in [6.07, 6.45) is 2.79. The van der Waals surface area contributed by atoms with Gasteiger partial charge in [0.05, 0.1) is 12.1 Å². The molecule has 3 aromatic rings. The topological polar surface area (TPSA) is 96.8 Å². The van der Waals surface area contributed by atoms with Gasteiger partial charge >= 0.3 is 11.2 Å². The zero-order chi connectivity index (χ0) is 22.0. The molecular formula is C22H22FN5O3. The molecule has 1 aliphatic rings. The fourth-order valence-electron chi connectivity index (χ4n) is 3.63. The molecule has 0 amide bonds. The summed E-state index contributed by atoms with van der Waals surface area (Å²) in [5.41, 5.74) is 0.305. The minimum atomic E-state index is -0.607. The van der Waals surface area contributed by atoms with Crippen LogP contribution in [-0.4, -0.2) is 20.0 Å². The van der Waals surface area contributed by atoms with Crippen LogP contribution >= 0.6 is 0 Å². The Morgan fingerprint density at radius 3 is 2.52 bits per heavy atom. The number of benzene rings is 1. The average Bonchev–Trinajstić information content (AvgIpc) is 3.09. The van der Waals surface area contributed by atoms with E-state index in [4.69, 9.17) is 0 Å². The van der Waals surface area contributed by atoms with Crippen LogP contribution in [0.3, 0.4) is 0 Å². The molecule has 0 spiro atoms. The van der Waals surface area contributed by atoms with Crippen molar-refractivity contribution in [3.8, 4) is 0 Å². The van der Waals surface area contributed by atoms with Crippen molar-refractivity contribution >= 4 is 17.3 Å². The van der Waals surface area contributed by atoms with E-state index in [0.29, 0.717) is 18.5 Å². The second-order valence-electron chi connectivity index (χ2n) is 7.35. The lowest BCUT2D eigenvalue weighted by Gasteiger charge is -2.18. The number of fused-ring (bicyclic) bond motifs is 1. The summed E-state index contributed by atoms with van der Waals surface area (Å²) in [6, 6.07) is 11.3. The first kappa shape index (κ1) is 20.8. The summed E-state index contributed by atoms with van der Waals surface area (Å²) in [7, 11) is 0. The summed E-state index contributed by atoms with van der Waals surface area (Å²) >= 11 is 0. The molecule has 0 radical (unpaired) electrons. The van der Waals surface area contributed by atoms with E-state index in [-0.39, 0.29) is 42.7 Å². The van der Waals surface area contributed by atoms with Crippen molar-refractivity contribution in [1.29, 1.82) is 0 Å². The predicted octanol–water partition coefficient (Wildman–Crippen LogP) is 1.50. The van der Waals surface area contributed by atoms with Gasteiger partial charge in [0.1, 0.15) is 5.82 Å². The standard InChI is InChI=1S/C22H22FN5O3/c1-2-12-27-21(29)19-20(25-18(28(19)31)14-17-5-3-4-11-24-17)26(22(27)30)13-10-15-6-8-16(23)9-7-15/h3-9,11,28H,2,10,12-14H2,1H3. The van der Waals surface area contributed by atoms with Gasteiger partial charge in [0.15, 0.2) is 0 Å². The molecule has 0 aliphatic carbocycles. The summed E-state index contributed by atoms with van der Waals surface area (Å²) in [4.78, 5) is 34.6. The van der Waals surface area contributed by atoms with Gasteiger partial charge in [0.25, 0.3) is 0 Å². The molecule has 160 valence electrons. The van der Waals surface area contributed by atoms with Gasteiger partial charge in [-0.25, -0.2) is 9.18 Å². The van der Waals surface area contributed by atoms with Gasteiger partial charge in [-0.05, 0) is 42.7 Å². The molecular weight excluding hydrogens is 401 g/mol. The normalized spacial score (nSPS) is 15.1. The molecule has 1 aromatic carbocycles. The summed E-state index contributed by atoms with van der Waals surface area (Å²) in [5, 5.41) is 12.6. The van der Waals surface area contributed by atoms with E-state index in [1.807, 2.05) is 13.0 Å². The zero-order valence-corrected chi connectivity index (χ0v) is 17.0. The van der Waals surface area contributed by atoms with Crippen LogP contribution in [0.15, 0.2) is 63.2 Å². The third-order valence-corrected chi connectivity index (χ3v) is 5.19. The summed E-state index contributed by atoms with van der Waals surface area (Å²) in [6.45, 7) is 2.28. The lowest BCUT2D eigenvalue weighted by atomic mass is 10.1. The van der Waals surface area contributed by atoms with E-state index in [9.17, 15) is 19.2 Å². The predicted molar refractivity (Wildman–Crippen MR) is 114 cm³/mol. The zero-order valence-electron chi connectivity index (χ0n) is 17.0. The Balaban J connectivity index is 1.75. The molecule has 0 fully saturated rings. The number of halogens is 1. The first-order chi connectivity index (χ1) is 15.0. The van der Waals surface area contributed by atoms with E-state index >= 15 is 0 Å². The van der Waals surface area contributed by atoms with Crippen molar-refractivity contribution in [3.63, 3.8) is 0 Å². The van der Waals surface area contributed by atoms with Crippen LogP contribution in [0.25, 0.3) is 0 Å². The molecule has 1 aliphatic heterocycles. The fourth-order valence-corrected chi connectivity index (χ4v) is 3.63. The van der Waals surface area contributed by atoms with E-state index in [1.165, 1.54) is 16.7 Å². The third-order valence-electron chi connectivity index (χ3n) is 5.19. The highest BCUT2D eigenvalue weighted by Gasteiger charge is 2.33. The van der Waals surface area contributed by atoms with Gasteiger partial charge in [-0.3, -0.25) is 24.0 Å². The molecule has 3 heterocycles. The van der Waals surface area contributed by atoms with E-state index in [1.54, 1.807) is 30.5 Å². The molecule has 9 heteroatoms. The van der Waals surface area contributed by atoms with Gasteiger partial charge in [-0.2, -0.15) is 4.99 Å². The van der Waals surface area contributed by atoms with Crippen molar-refractivity contribution in [2.45, 2.75) is 39.3 Å². The highest BCUT2D eigenvalue weighted by Crippen LogP contribution is 2.22. The summed E-state index contributed by atoms with van der Waals surface area (Å²) in [5.74, 6) is -0.0527. The van der Waals surface area contributed by atoms with Crippen molar-refractivity contribution in [1.82, 2.24) is 14.1 Å². The van der Waals surface area contributed by atoms with Crippen LogP contribution in [0.4, 0.5) is 15.9 Å². The second kappa shape index (κ2) is 8.75. The quantitative estimate of drug-likeness (QED) is 0.583. The number of aromatic nitrogens is 3. The number of quaternary nitrogens is 1. The SMILES string of the molecule is CCCn1c(=O)c2c(n(CCc3ccc(F)cc3)c1=O)N=C(Cc1ccccn1)[NH+]2[O-]. The van der Waals surface area contributed by atoms with E-state index in [0.717, 1.165) is 10.1 Å². The second-order valence-corrected chi connectivity index (χ2v) is 7.35. The average molecular weight is 423 g/mol. The highest BCUT2D eigenvalue weighted by atomic mass is 19.1. The smallest absolute Gasteiger partial charge is 0.332 e. The van der Waals surface area contributed by atoms with E-state index in [2.05, 4.69) is 9.98 Å². The Bertz CT molecular complexity index is 1230. The van der Waals surface area contributed by atoms with Gasteiger partial charge in [0, 0.05) is 19.3 Å².